The van der Waals surface area contributed by atoms with Crippen LogP contribution in [0.5, 0.6) is 0 Å². The van der Waals surface area contributed by atoms with Crippen molar-refractivity contribution in [3.05, 3.63) is 114 Å². The minimum absolute atomic E-state index is 0. The Morgan fingerprint density at radius 1 is 0.829 bits per heavy atom. The van der Waals surface area contributed by atoms with Crippen LogP contribution >= 0.6 is 0 Å². The molecule has 4 aromatic carbocycles. The van der Waals surface area contributed by atoms with Gasteiger partial charge in [-0.2, -0.15) is 11.6 Å². The van der Waals surface area contributed by atoms with E-state index < -0.39 is 0 Å². The summed E-state index contributed by atoms with van der Waals surface area (Å²) in [5.74, 6) is 0.573. The van der Waals surface area contributed by atoms with Crippen LogP contribution < -0.4 is 24.8 Å². The predicted octanol–water partition coefficient (Wildman–Crippen LogP) is 2.85. The Kier molecular flexibility index (Phi) is 13.3. The fourth-order valence-corrected chi connectivity index (χ4v) is 4.21. The van der Waals surface area contributed by atoms with Gasteiger partial charge >= 0.3 is 70.3 Å². The molecule has 0 saturated carbocycles. The van der Waals surface area contributed by atoms with E-state index in [-0.39, 0.29) is 24.8 Å². The van der Waals surface area contributed by atoms with Crippen LogP contribution in [0, 0.1) is 17.4 Å². The number of rotatable bonds is 2. The molecule has 3 heteroatoms. The van der Waals surface area contributed by atoms with Gasteiger partial charge in [-0.05, 0) is 0 Å². The third kappa shape index (κ3) is 9.06. The summed E-state index contributed by atoms with van der Waals surface area (Å²) in [6, 6.07) is 29.7. The van der Waals surface area contributed by atoms with Crippen LogP contribution in [0.1, 0.15) is 46.6 Å². The van der Waals surface area contributed by atoms with Gasteiger partial charge in [0, 0.05) is 0 Å². The van der Waals surface area contributed by atoms with Crippen LogP contribution in [-0.4, -0.2) is 3.21 Å². The minimum atomic E-state index is 0. The minimum Gasteiger partial charge on any atom is -1.00 e. The molecule has 0 radical (unpaired) electrons. The predicted molar refractivity (Wildman–Crippen MR) is 142 cm³/mol. The molecule has 0 amide bonds. The van der Waals surface area contributed by atoms with E-state index in [2.05, 4.69) is 132 Å². The molecule has 0 nitrogen and oxygen atoms in total. The molecular formula is C32H34Cl2Zr-2. The normalized spacial score (nSPS) is 14.0. The number of allylic oxidation sites excluding steroid dienone is 4. The molecule has 1 unspecified atom stereocenters. The summed E-state index contributed by atoms with van der Waals surface area (Å²) in [6.07, 6.45) is 9.00. The molecule has 182 valence electrons. The monoisotopic (exact) mass is 578 g/mol. The number of hydrogen-bond donors (Lipinski definition) is 0. The van der Waals surface area contributed by atoms with E-state index in [1.807, 2.05) is 6.07 Å². The second-order valence-electron chi connectivity index (χ2n) is 9.51. The summed E-state index contributed by atoms with van der Waals surface area (Å²) in [5.41, 5.74) is 3.11. The van der Waals surface area contributed by atoms with Crippen molar-refractivity contribution in [3.8, 4) is 0 Å². The van der Waals surface area contributed by atoms with Gasteiger partial charge in [0.25, 0.3) is 0 Å². The van der Waals surface area contributed by atoms with Gasteiger partial charge in [-0.3, -0.25) is 6.08 Å². The fourth-order valence-electron chi connectivity index (χ4n) is 3.80. The molecule has 0 bridgehead atoms. The van der Waals surface area contributed by atoms with Crippen LogP contribution in [0.25, 0.3) is 21.5 Å². The second kappa shape index (κ2) is 14.8. The quantitative estimate of drug-likeness (QED) is 0.320. The summed E-state index contributed by atoms with van der Waals surface area (Å²) < 4.78 is 1.46. The van der Waals surface area contributed by atoms with Gasteiger partial charge in [-0.15, -0.1) is 39.7 Å². The maximum absolute atomic E-state index is 3.35. The molecular weight excluding hydrogens is 546 g/mol. The summed E-state index contributed by atoms with van der Waals surface area (Å²) in [5, 5.41) is 5.39. The average Bonchev–Trinajstić information content (AvgIpc) is 3.45. The Labute approximate surface area is 239 Å². The molecule has 0 aliphatic heterocycles. The Balaban J connectivity index is 0.000000260. The van der Waals surface area contributed by atoms with Crippen molar-refractivity contribution in [3.63, 3.8) is 0 Å². The first-order valence-electron chi connectivity index (χ1n) is 11.7. The number of fused-ring (bicyclic) bond motifs is 3. The zero-order valence-corrected chi connectivity index (χ0v) is 25.2. The first-order chi connectivity index (χ1) is 15.8. The van der Waals surface area contributed by atoms with Crippen LogP contribution in [0.4, 0.5) is 0 Å². The van der Waals surface area contributed by atoms with Crippen molar-refractivity contribution in [2.45, 2.75) is 41.0 Å². The van der Waals surface area contributed by atoms with Crippen LogP contribution in [0.3, 0.4) is 0 Å². The Morgan fingerprint density at radius 3 is 1.69 bits per heavy atom. The first kappa shape index (κ1) is 31.4. The van der Waals surface area contributed by atoms with Crippen molar-refractivity contribution >= 4 is 24.8 Å². The van der Waals surface area contributed by atoms with Gasteiger partial charge in [0.2, 0.25) is 0 Å². The molecule has 35 heavy (non-hydrogen) atoms. The SMILES string of the molecule is CCC1[C-]=CC(C(C)(C)C)=C1.C[C](=[Zr+2])c1ccccc1.[Cl-].[Cl-].c1ccc2c(c1)[cH-]c1ccccc12. The van der Waals surface area contributed by atoms with Gasteiger partial charge in [0.1, 0.15) is 0 Å². The molecule has 1 aliphatic rings. The smallest absolute Gasteiger partial charge is 0.0771 e. The van der Waals surface area contributed by atoms with Crippen LogP contribution in [0.15, 0.2) is 103 Å². The summed E-state index contributed by atoms with van der Waals surface area (Å²) >= 11 is 1.51. The molecule has 0 N–H and O–H groups in total. The molecule has 4 aromatic rings. The molecule has 0 heterocycles. The fraction of sp³-hybridized carbons (Fsp3) is 0.250. The van der Waals surface area contributed by atoms with E-state index in [4.69, 9.17) is 0 Å². The number of halogens is 2. The average molecular weight is 581 g/mol. The van der Waals surface area contributed by atoms with Crippen molar-refractivity contribution in [1.29, 1.82) is 0 Å². The molecule has 0 aromatic heterocycles. The van der Waals surface area contributed by atoms with Crippen LogP contribution in [-0.2, 0) is 24.2 Å². The number of benzene rings is 3. The van der Waals surface area contributed by atoms with Crippen LogP contribution in [0.2, 0.25) is 0 Å². The largest absolute Gasteiger partial charge is 1.00 e. The molecule has 5 rings (SSSR count). The maximum Gasteiger partial charge on any atom is -0.0771 e. The van der Waals surface area contributed by atoms with E-state index in [9.17, 15) is 0 Å². The van der Waals surface area contributed by atoms with Gasteiger partial charge in [0.15, 0.2) is 0 Å². The van der Waals surface area contributed by atoms with Gasteiger partial charge < -0.3 is 24.8 Å². The summed E-state index contributed by atoms with van der Waals surface area (Å²) in [6.45, 7) is 11.1. The van der Waals surface area contributed by atoms with Gasteiger partial charge in [0.05, 0.1) is 0 Å². The molecule has 0 fully saturated rings. The van der Waals surface area contributed by atoms with Crippen molar-refractivity contribution in [1.82, 2.24) is 0 Å². The van der Waals surface area contributed by atoms with E-state index in [1.54, 1.807) is 0 Å². The zero-order chi connectivity index (χ0) is 23.8. The number of hydrogen-bond acceptors (Lipinski definition) is 0. The standard InChI is InChI=1S/C13H9.C11H17.C8H8.2ClH.Zr/c1-3-7-12-10(5-1)9-11-6-2-4-8-13(11)12;1-5-9-6-7-10(8-9)11(2,3)4;1-2-8-6-4-3-5-7-8;;;/h1-9H;7-9H,5H2,1-4H3;3-7H,1H3;2*1H;/q2*-1;;;;+2/p-2. The molecule has 0 saturated heterocycles. The summed E-state index contributed by atoms with van der Waals surface area (Å²) in [7, 11) is 0. The topological polar surface area (TPSA) is 0 Å². The van der Waals surface area contributed by atoms with Gasteiger partial charge in [-0.25, -0.2) is 6.08 Å². The van der Waals surface area contributed by atoms with E-state index >= 15 is 0 Å². The van der Waals surface area contributed by atoms with E-state index in [0.717, 1.165) is 0 Å². The summed E-state index contributed by atoms with van der Waals surface area (Å²) in [4.78, 5) is 0. The Bertz CT molecular complexity index is 1210. The first-order valence-corrected chi connectivity index (χ1v) is 13.0. The second-order valence-corrected chi connectivity index (χ2v) is 11.4. The third-order valence-electron chi connectivity index (χ3n) is 5.87. The Hall–Kier alpha value is -1.66. The molecule has 1 atom stereocenters. The van der Waals surface area contributed by atoms with Crippen molar-refractivity contribution < 1.29 is 49.0 Å². The molecule has 1 aliphatic carbocycles. The van der Waals surface area contributed by atoms with E-state index in [0.29, 0.717) is 11.3 Å². The van der Waals surface area contributed by atoms with Crippen molar-refractivity contribution in [2.75, 3.05) is 0 Å². The Morgan fingerprint density at radius 2 is 1.31 bits per heavy atom. The van der Waals surface area contributed by atoms with E-state index in [1.165, 1.54) is 66.5 Å². The van der Waals surface area contributed by atoms with Gasteiger partial charge in [-0.1, -0.05) is 81.8 Å². The third-order valence-corrected chi connectivity index (χ3v) is 6.58. The van der Waals surface area contributed by atoms with Crippen molar-refractivity contribution in [2.24, 2.45) is 11.3 Å². The maximum atomic E-state index is 3.35. The molecule has 0 spiro atoms. The zero-order valence-electron chi connectivity index (χ0n) is 21.3.